The molecule has 13 heavy (non-hydrogen) atoms. The molecule has 0 atom stereocenters. The highest BCUT2D eigenvalue weighted by atomic mass is 79.9. The Morgan fingerprint density at radius 2 is 2.08 bits per heavy atom. The van der Waals surface area contributed by atoms with Gasteiger partial charge in [-0.2, -0.15) is 0 Å². The van der Waals surface area contributed by atoms with Gasteiger partial charge in [0.2, 0.25) is 0 Å². The summed E-state index contributed by atoms with van der Waals surface area (Å²) in [6.07, 6.45) is 0. The van der Waals surface area contributed by atoms with Crippen molar-refractivity contribution in [1.82, 2.24) is 0 Å². The van der Waals surface area contributed by atoms with E-state index in [0.717, 1.165) is 8.95 Å². The van der Waals surface area contributed by atoms with Gasteiger partial charge < -0.3 is 11.1 Å². The fourth-order valence-electron chi connectivity index (χ4n) is 0.796. The van der Waals surface area contributed by atoms with Crippen LogP contribution in [0.15, 0.2) is 21.1 Å². The average Bonchev–Trinajstić information content (AvgIpc) is 1.96. The van der Waals surface area contributed by atoms with Crippen LogP contribution in [0.2, 0.25) is 5.02 Å². The molecule has 4 N–H and O–H groups in total. The summed E-state index contributed by atoms with van der Waals surface area (Å²) in [7, 11) is 0. The first kappa shape index (κ1) is 10.8. The van der Waals surface area contributed by atoms with Crippen molar-refractivity contribution < 1.29 is 0 Å². The quantitative estimate of drug-likeness (QED) is 0.548. The minimum Gasteiger partial charge on any atom is -0.370 e. The molecule has 0 spiro atoms. The molecular weight excluding hydrogens is 321 g/mol. The van der Waals surface area contributed by atoms with Crippen LogP contribution in [-0.4, -0.2) is 5.96 Å². The topological polar surface area (TPSA) is 61.9 Å². The van der Waals surface area contributed by atoms with E-state index in [-0.39, 0.29) is 5.96 Å². The van der Waals surface area contributed by atoms with Crippen molar-refractivity contribution in [1.29, 1.82) is 5.41 Å². The molecule has 0 fully saturated rings. The van der Waals surface area contributed by atoms with E-state index in [9.17, 15) is 0 Å². The van der Waals surface area contributed by atoms with Gasteiger partial charge >= 0.3 is 0 Å². The average molecular weight is 327 g/mol. The Morgan fingerprint density at radius 3 is 2.54 bits per heavy atom. The smallest absolute Gasteiger partial charge is 0.190 e. The minimum atomic E-state index is -0.148. The van der Waals surface area contributed by atoms with Crippen LogP contribution in [0.1, 0.15) is 0 Å². The summed E-state index contributed by atoms with van der Waals surface area (Å²) in [5.41, 5.74) is 5.78. The largest absolute Gasteiger partial charge is 0.370 e. The minimum absolute atomic E-state index is 0.148. The van der Waals surface area contributed by atoms with Crippen molar-refractivity contribution in [3.05, 3.63) is 26.1 Å². The molecule has 70 valence electrons. The Morgan fingerprint density at radius 1 is 1.46 bits per heavy atom. The molecule has 0 bridgehead atoms. The van der Waals surface area contributed by atoms with Gasteiger partial charge in [0, 0.05) is 8.95 Å². The van der Waals surface area contributed by atoms with Crippen LogP contribution >= 0.6 is 43.5 Å². The maximum absolute atomic E-state index is 7.05. The molecule has 0 saturated carbocycles. The number of nitrogens with two attached hydrogens (primary N) is 1. The molecule has 6 heteroatoms. The zero-order chi connectivity index (χ0) is 10.0. The Kier molecular flexibility index (Phi) is 3.58. The molecule has 0 aliphatic heterocycles. The lowest BCUT2D eigenvalue weighted by atomic mass is 10.3. The number of benzene rings is 1. The Hall–Kier alpha value is -0.260. The van der Waals surface area contributed by atoms with Gasteiger partial charge in [-0.25, -0.2) is 0 Å². The van der Waals surface area contributed by atoms with Crippen LogP contribution in [0.25, 0.3) is 0 Å². The van der Waals surface area contributed by atoms with Crippen LogP contribution < -0.4 is 11.1 Å². The van der Waals surface area contributed by atoms with E-state index < -0.39 is 0 Å². The maximum Gasteiger partial charge on any atom is 0.190 e. The van der Waals surface area contributed by atoms with E-state index >= 15 is 0 Å². The highest BCUT2D eigenvalue weighted by Crippen LogP contribution is 2.33. The monoisotopic (exact) mass is 325 g/mol. The highest BCUT2D eigenvalue weighted by Gasteiger charge is 2.06. The first-order valence-electron chi connectivity index (χ1n) is 3.26. The normalized spacial score (nSPS) is 9.77. The molecule has 0 aliphatic carbocycles. The lowest BCUT2D eigenvalue weighted by Gasteiger charge is -2.08. The van der Waals surface area contributed by atoms with E-state index in [4.69, 9.17) is 22.7 Å². The lowest BCUT2D eigenvalue weighted by molar-refractivity contribution is 1.40. The number of anilines is 1. The Bertz CT molecular complexity index is 331. The van der Waals surface area contributed by atoms with Crippen LogP contribution in [0.3, 0.4) is 0 Å². The van der Waals surface area contributed by atoms with Crippen LogP contribution in [0.4, 0.5) is 5.69 Å². The van der Waals surface area contributed by atoms with Gasteiger partial charge in [0.05, 0.1) is 10.7 Å². The number of guanidine groups is 1. The summed E-state index contributed by atoms with van der Waals surface area (Å²) in [5.74, 6) is -0.148. The molecule has 3 nitrogen and oxygen atoms in total. The van der Waals surface area contributed by atoms with Crippen molar-refractivity contribution in [2.24, 2.45) is 5.73 Å². The third-order valence-corrected chi connectivity index (χ3v) is 2.65. The molecule has 0 heterocycles. The second-order valence-electron chi connectivity index (χ2n) is 2.28. The summed E-state index contributed by atoms with van der Waals surface area (Å²) < 4.78 is 1.61. The summed E-state index contributed by atoms with van der Waals surface area (Å²) >= 11 is 12.5. The van der Waals surface area contributed by atoms with Gasteiger partial charge in [-0.15, -0.1) is 0 Å². The highest BCUT2D eigenvalue weighted by molar-refractivity contribution is 9.11. The summed E-state index contributed by atoms with van der Waals surface area (Å²) in [4.78, 5) is 0. The fraction of sp³-hybridized carbons (Fsp3) is 0. The third kappa shape index (κ3) is 2.86. The third-order valence-electron chi connectivity index (χ3n) is 1.27. The van der Waals surface area contributed by atoms with Crippen molar-refractivity contribution in [3.63, 3.8) is 0 Å². The van der Waals surface area contributed by atoms with Crippen LogP contribution in [0, 0.1) is 5.41 Å². The molecule has 0 aliphatic rings. The SMILES string of the molecule is N=C(N)Nc1c(Cl)cc(Br)cc1Br. The van der Waals surface area contributed by atoms with E-state index in [0.29, 0.717) is 10.7 Å². The number of halogens is 3. The summed E-state index contributed by atoms with van der Waals surface area (Å²) in [6.45, 7) is 0. The molecule has 0 saturated heterocycles. The predicted molar refractivity (Wildman–Crippen MR) is 62.4 cm³/mol. The second-order valence-corrected chi connectivity index (χ2v) is 4.46. The van der Waals surface area contributed by atoms with Crippen molar-refractivity contribution in [2.75, 3.05) is 5.32 Å². The van der Waals surface area contributed by atoms with Gasteiger partial charge in [0.1, 0.15) is 0 Å². The molecule has 1 aromatic carbocycles. The van der Waals surface area contributed by atoms with Gasteiger partial charge in [-0.3, -0.25) is 5.41 Å². The number of rotatable bonds is 1. The van der Waals surface area contributed by atoms with Crippen LogP contribution in [0.5, 0.6) is 0 Å². The Balaban J connectivity index is 3.13. The summed E-state index contributed by atoms with van der Waals surface area (Å²) in [6, 6.07) is 3.54. The lowest BCUT2D eigenvalue weighted by Crippen LogP contribution is -2.20. The summed E-state index contributed by atoms with van der Waals surface area (Å²) in [5, 5.41) is 10.2. The maximum atomic E-state index is 7.05. The number of hydrogen-bond acceptors (Lipinski definition) is 1. The molecule has 0 radical (unpaired) electrons. The molecular formula is C7H6Br2ClN3. The molecule has 0 amide bonds. The molecule has 1 aromatic rings. The van der Waals surface area contributed by atoms with Gasteiger partial charge in [0.15, 0.2) is 5.96 Å². The first-order valence-corrected chi connectivity index (χ1v) is 5.22. The van der Waals surface area contributed by atoms with E-state index in [1.54, 1.807) is 6.07 Å². The molecule has 0 aromatic heterocycles. The van der Waals surface area contributed by atoms with Crippen molar-refractivity contribution in [2.45, 2.75) is 0 Å². The molecule has 1 rings (SSSR count). The zero-order valence-corrected chi connectivity index (χ0v) is 10.3. The standard InChI is InChI=1S/C7H6Br2ClN3/c8-3-1-4(9)6(5(10)2-3)13-7(11)12/h1-2H,(H4,11,12,13). The van der Waals surface area contributed by atoms with Gasteiger partial charge in [0.25, 0.3) is 0 Å². The van der Waals surface area contributed by atoms with Crippen molar-refractivity contribution >= 4 is 55.1 Å². The van der Waals surface area contributed by atoms with Crippen LogP contribution in [-0.2, 0) is 0 Å². The van der Waals surface area contributed by atoms with Crippen molar-refractivity contribution in [3.8, 4) is 0 Å². The number of hydrogen-bond donors (Lipinski definition) is 3. The van der Waals surface area contributed by atoms with E-state index in [2.05, 4.69) is 37.2 Å². The predicted octanol–water partition coefficient (Wildman–Crippen LogP) is 3.17. The fourth-order valence-corrected chi connectivity index (χ4v) is 2.63. The number of nitrogens with one attached hydrogen (secondary N) is 2. The van der Waals surface area contributed by atoms with Gasteiger partial charge in [-0.05, 0) is 28.1 Å². The van der Waals surface area contributed by atoms with E-state index in [1.807, 2.05) is 6.07 Å². The second kappa shape index (κ2) is 4.30. The Labute approximate surface area is 97.4 Å². The zero-order valence-electron chi connectivity index (χ0n) is 6.37. The first-order chi connectivity index (χ1) is 6.00. The van der Waals surface area contributed by atoms with E-state index in [1.165, 1.54) is 0 Å². The molecule has 0 unspecified atom stereocenters. The van der Waals surface area contributed by atoms with Gasteiger partial charge in [-0.1, -0.05) is 27.5 Å².